The van der Waals surface area contributed by atoms with Crippen LogP contribution in [-0.2, 0) is 6.18 Å². The van der Waals surface area contributed by atoms with Crippen LogP contribution in [0.1, 0.15) is 21.6 Å². The van der Waals surface area contributed by atoms with Crippen molar-refractivity contribution in [1.82, 2.24) is 10.4 Å². The number of fused-ring (bicyclic) bond motifs is 1. The largest absolute Gasteiger partial charge is 0.416 e. The minimum absolute atomic E-state index is 0.354. The van der Waals surface area contributed by atoms with E-state index in [2.05, 4.69) is 15.5 Å². The molecule has 3 aromatic carbocycles. The summed E-state index contributed by atoms with van der Waals surface area (Å²) in [5, 5.41) is 4.79. The normalized spacial score (nSPS) is 11.8. The van der Waals surface area contributed by atoms with Crippen LogP contribution in [0.2, 0.25) is 0 Å². The first-order valence-electron chi connectivity index (χ1n) is 9.10. The number of benzene rings is 3. The Labute approximate surface area is 170 Å². The van der Waals surface area contributed by atoms with Crippen molar-refractivity contribution in [3.05, 3.63) is 95.7 Å². The van der Waals surface area contributed by atoms with E-state index in [9.17, 15) is 18.0 Å². The molecule has 4 nitrogen and oxygen atoms in total. The molecule has 0 aliphatic rings. The van der Waals surface area contributed by atoms with Gasteiger partial charge in [-0.3, -0.25) is 4.79 Å². The number of aromatic nitrogens is 1. The molecule has 0 saturated heterocycles. The predicted octanol–water partition coefficient (Wildman–Crippen LogP) is 5.62. The van der Waals surface area contributed by atoms with Gasteiger partial charge in [-0.05, 0) is 29.3 Å². The van der Waals surface area contributed by atoms with Gasteiger partial charge in [0, 0.05) is 16.5 Å². The lowest BCUT2D eigenvalue weighted by Crippen LogP contribution is -2.18. The molecule has 0 aliphatic carbocycles. The Bertz CT molecular complexity index is 1210. The maximum Gasteiger partial charge on any atom is 0.416 e. The van der Waals surface area contributed by atoms with Crippen molar-refractivity contribution in [1.29, 1.82) is 0 Å². The Hall–Kier alpha value is -3.87. The first-order chi connectivity index (χ1) is 14.4. The van der Waals surface area contributed by atoms with Crippen LogP contribution >= 0.6 is 0 Å². The number of carbonyl (C=O) groups excluding carboxylic acids is 1. The minimum Gasteiger partial charge on any atom is -0.350 e. The highest BCUT2D eigenvalue weighted by atomic mass is 19.4. The molecule has 30 heavy (non-hydrogen) atoms. The van der Waals surface area contributed by atoms with Gasteiger partial charge >= 0.3 is 6.18 Å². The van der Waals surface area contributed by atoms with Crippen molar-refractivity contribution in [2.24, 2.45) is 5.10 Å². The number of aromatic amines is 1. The van der Waals surface area contributed by atoms with Crippen molar-refractivity contribution in [2.75, 3.05) is 0 Å². The van der Waals surface area contributed by atoms with E-state index in [1.165, 1.54) is 18.3 Å². The highest BCUT2D eigenvalue weighted by Crippen LogP contribution is 2.32. The highest BCUT2D eigenvalue weighted by molar-refractivity contribution is 6.09. The van der Waals surface area contributed by atoms with Gasteiger partial charge in [0.05, 0.1) is 11.8 Å². The Balaban J connectivity index is 1.59. The molecule has 0 bridgehead atoms. The number of alkyl halides is 3. The number of rotatable bonds is 4. The van der Waals surface area contributed by atoms with Crippen molar-refractivity contribution in [3.8, 4) is 11.1 Å². The van der Waals surface area contributed by atoms with E-state index in [1.807, 2.05) is 54.6 Å². The standard InChI is InChI=1S/C23H16F3N3O/c24-23(25,26)17-12-10-15(11-13-17)14-27-29-22(30)21-20(16-6-2-1-3-7-16)18-8-4-5-9-19(18)28-21/h1-14,28H,(H,29,30)/b27-14-. The fraction of sp³-hybridized carbons (Fsp3) is 0.0435. The monoisotopic (exact) mass is 407 g/mol. The molecule has 0 aliphatic heterocycles. The van der Waals surface area contributed by atoms with Crippen LogP contribution in [0.3, 0.4) is 0 Å². The molecular weight excluding hydrogens is 391 g/mol. The van der Waals surface area contributed by atoms with Gasteiger partial charge in [-0.15, -0.1) is 0 Å². The van der Waals surface area contributed by atoms with E-state index in [-0.39, 0.29) is 0 Å². The second-order valence-electron chi connectivity index (χ2n) is 6.61. The number of H-pyrrole nitrogens is 1. The number of hydrogen-bond donors (Lipinski definition) is 2. The summed E-state index contributed by atoms with van der Waals surface area (Å²) >= 11 is 0. The van der Waals surface area contributed by atoms with Crippen molar-refractivity contribution in [2.45, 2.75) is 6.18 Å². The molecule has 1 amide bonds. The van der Waals surface area contributed by atoms with Gasteiger partial charge in [-0.1, -0.05) is 60.7 Å². The number of halogens is 3. The quantitative estimate of drug-likeness (QED) is 0.335. The Morgan fingerprint density at radius 2 is 1.57 bits per heavy atom. The zero-order chi connectivity index (χ0) is 21.1. The third kappa shape index (κ3) is 3.96. The predicted molar refractivity (Wildman–Crippen MR) is 110 cm³/mol. The molecule has 0 spiro atoms. The molecule has 150 valence electrons. The third-order valence-corrected chi connectivity index (χ3v) is 4.61. The summed E-state index contributed by atoms with van der Waals surface area (Å²) in [6.45, 7) is 0. The van der Waals surface area contributed by atoms with Gasteiger partial charge in [-0.2, -0.15) is 18.3 Å². The summed E-state index contributed by atoms with van der Waals surface area (Å²) in [6, 6.07) is 21.6. The average Bonchev–Trinajstić information content (AvgIpc) is 3.14. The first kappa shape index (κ1) is 19.4. The van der Waals surface area contributed by atoms with E-state index in [1.54, 1.807) is 0 Å². The lowest BCUT2D eigenvalue weighted by molar-refractivity contribution is -0.137. The van der Waals surface area contributed by atoms with Gasteiger partial charge in [0.1, 0.15) is 5.69 Å². The Morgan fingerprint density at radius 1 is 0.900 bits per heavy atom. The third-order valence-electron chi connectivity index (χ3n) is 4.61. The Morgan fingerprint density at radius 3 is 2.27 bits per heavy atom. The number of carbonyl (C=O) groups is 1. The maximum absolute atomic E-state index is 12.8. The summed E-state index contributed by atoms with van der Waals surface area (Å²) in [7, 11) is 0. The molecule has 1 aromatic heterocycles. The second kappa shape index (κ2) is 7.87. The number of nitrogens with one attached hydrogen (secondary N) is 2. The molecule has 7 heteroatoms. The smallest absolute Gasteiger partial charge is 0.350 e. The highest BCUT2D eigenvalue weighted by Gasteiger charge is 2.29. The number of hydrazone groups is 1. The number of hydrogen-bond acceptors (Lipinski definition) is 2. The topological polar surface area (TPSA) is 57.2 Å². The number of amides is 1. The van der Waals surface area contributed by atoms with Gasteiger partial charge < -0.3 is 4.98 Å². The fourth-order valence-corrected chi connectivity index (χ4v) is 3.20. The summed E-state index contributed by atoms with van der Waals surface area (Å²) in [5.41, 5.74) is 4.94. The second-order valence-corrected chi connectivity index (χ2v) is 6.61. The number of nitrogens with zero attached hydrogens (tertiary/aromatic N) is 1. The summed E-state index contributed by atoms with van der Waals surface area (Å²) in [4.78, 5) is 15.9. The van der Waals surface area contributed by atoms with Crippen molar-refractivity contribution < 1.29 is 18.0 Å². The lowest BCUT2D eigenvalue weighted by Gasteiger charge is -2.06. The fourth-order valence-electron chi connectivity index (χ4n) is 3.20. The van der Waals surface area contributed by atoms with Crippen LogP contribution in [0.5, 0.6) is 0 Å². The van der Waals surface area contributed by atoms with E-state index >= 15 is 0 Å². The van der Waals surface area contributed by atoms with Crippen LogP contribution in [-0.4, -0.2) is 17.1 Å². The summed E-state index contributed by atoms with van der Waals surface area (Å²) < 4.78 is 37.9. The van der Waals surface area contributed by atoms with E-state index < -0.39 is 17.6 Å². The first-order valence-corrected chi connectivity index (χ1v) is 9.10. The molecular formula is C23H16F3N3O. The Kier molecular flexibility index (Phi) is 5.10. The van der Waals surface area contributed by atoms with Crippen molar-refractivity contribution >= 4 is 23.0 Å². The zero-order valence-corrected chi connectivity index (χ0v) is 15.6. The number of para-hydroxylation sites is 1. The molecule has 0 unspecified atom stereocenters. The van der Waals surface area contributed by atoms with E-state index in [0.29, 0.717) is 11.3 Å². The van der Waals surface area contributed by atoms with Crippen LogP contribution in [0.25, 0.3) is 22.0 Å². The van der Waals surface area contributed by atoms with Gasteiger partial charge in [0.15, 0.2) is 0 Å². The SMILES string of the molecule is O=C(N/N=C\c1ccc(C(F)(F)F)cc1)c1[nH]c2ccccc2c1-c1ccccc1. The molecule has 0 atom stereocenters. The molecule has 0 radical (unpaired) electrons. The van der Waals surface area contributed by atoms with Gasteiger partial charge in [0.25, 0.3) is 5.91 Å². The zero-order valence-electron chi connectivity index (χ0n) is 15.6. The van der Waals surface area contributed by atoms with Crippen molar-refractivity contribution in [3.63, 3.8) is 0 Å². The van der Waals surface area contributed by atoms with E-state index in [4.69, 9.17) is 0 Å². The summed E-state index contributed by atoms with van der Waals surface area (Å²) in [6.07, 6.45) is -3.10. The summed E-state index contributed by atoms with van der Waals surface area (Å²) in [5.74, 6) is -0.451. The molecule has 1 heterocycles. The van der Waals surface area contributed by atoms with Crippen LogP contribution in [0, 0.1) is 0 Å². The van der Waals surface area contributed by atoms with Gasteiger partial charge in [-0.25, -0.2) is 5.43 Å². The molecule has 4 aromatic rings. The minimum atomic E-state index is -4.40. The maximum atomic E-state index is 12.8. The molecule has 0 saturated carbocycles. The van der Waals surface area contributed by atoms with Crippen LogP contribution in [0.4, 0.5) is 13.2 Å². The van der Waals surface area contributed by atoms with Crippen LogP contribution in [0.15, 0.2) is 84.0 Å². The molecule has 0 fully saturated rings. The average molecular weight is 407 g/mol. The van der Waals surface area contributed by atoms with Gasteiger partial charge in [0.2, 0.25) is 0 Å². The molecule has 4 rings (SSSR count). The van der Waals surface area contributed by atoms with E-state index in [0.717, 1.165) is 34.2 Å². The lowest BCUT2D eigenvalue weighted by atomic mass is 10.0. The molecule has 2 N–H and O–H groups in total. The van der Waals surface area contributed by atoms with Crippen LogP contribution < -0.4 is 5.43 Å².